The maximum Gasteiger partial charge on any atom is 0.223 e. The van der Waals surface area contributed by atoms with Gasteiger partial charge in [-0.1, -0.05) is 6.42 Å². The molecule has 1 saturated heterocycles. The number of nitrogens with zero attached hydrogens (tertiary/aromatic N) is 1. The van der Waals surface area contributed by atoms with Gasteiger partial charge in [0.1, 0.15) is 0 Å². The molecule has 0 aromatic rings. The molecule has 3 aliphatic rings. The van der Waals surface area contributed by atoms with Crippen LogP contribution in [-0.4, -0.2) is 56.3 Å². The summed E-state index contributed by atoms with van der Waals surface area (Å²) >= 11 is 0. The fourth-order valence-electron chi connectivity index (χ4n) is 4.67. The van der Waals surface area contributed by atoms with Crippen molar-refractivity contribution >= 4 is 21.7 Å². The van der Waals surface area contributed by atoms with E-state index in [1.807, 2.05) is 0 Å². The summed E-state index contributed by atoms with van der Waals surface area (Å²) in [6.45, 7) is 0.226. The first-order valence-corrected chi connectivity index (χ1v) is 10.4. The Morgan fingerprint density at radius 3 is 2.57 bits per heavy atom. The van der Waals surface area contributed by atoms with E-state index in [2.05, 4.69) is 5.32 Å². The summed E-state index contributed by atoms with van der Waals surface area (Å²) in [7, 11) is -1.63. The van der Waals surface area contributed by atoms with Crippen molar-refractivity contribution in [3.8, 4) is 0 Å². The quantitative estimate of drug-likeness (QED) is 0.810. The first-order chi connectivity index (χ1) is 10.9. The van der Waals surface area contributed by atoms with Gasteiger partial charge in [0.15, 0.2) is 9.84 Å². The zero-order valence-corrected chi connectivity index (χ0v) is 14.5. The van der Waals surface area contributed by atoms with Gasteiger partial charge in [0, 0.05) is 26.4 Å². The fraction of sp³-hybridized carbons (Fsp3) is 0.875. The molecule has 1 N–H and O–H groups in total. The van der Waals surface area contributed by atoms with Crippen molar-refractivity contribution < 1.29 is 18.0 Å². The molecule has 1 heterocycles. The minimum Gasteiger partial charge on any atom is -0.359 e. The van der Waals surface area contributed by atoms with Gasteiger partial charge in [0.05, 0.1) is 17.5 Å². The van der Waals surface area contributed by atoms with E-state index in [-0.39, 0.29) is 36.3 Å². The molecule has 23 heavy (non-hydrogen) atoms. The summed E-state index contributed by atoms with van der Waals surface area (Å²) in [6.07, 6.45) is 5.52. The minimum absolute atomic E-state index is 0.0136. The number of amides is 2. The maximum atomic E-state index is 12.7. The smallest absolute Gasteiger partial charge is 0.223 e. The molecule has 0 radical (unpaired) electrons. The molecule has 0 aromatic heterocycles. The highest BCUT2D eigenvalue weighted by atomic mass is 32.2. The maximum absolute atomic E-state index is 12.7. The van der Waals surface area contributed by atoms with Gasteiger partial charge in [0.2, 0.25) is 11.8 Å². The van der Waals surface area contributed by atoms with Gasteiger partial charge < -0.3 is 10.2 Å². The molecular formula is C16H26N2O4S. The van der Waals surface area contributed by atoms with Crippen molar-refractivity contribution in [1.29, 1.82) is 0 Å². The molecule has 2 saturated carbocycles. The molecule has 2 aliphatic carbocycles. The Labute approximate surface area is 137 Å². The van der Waals surface area contributed by atoms with Crippen LogP contribution >= 0.6 is 0 Å². The van der Waals surface area contributed by atoms with Gasteiger partial charge in [-0.15, -0.1) is 0 Å². The molecule has 4 atom stereocenters. The van der Waals surface area contributed by atoms with Gasteiger partial charge in [-0.2, -0.15) is 0 Å². The van der Waals surface area contributed by atoms with Crippen LogP contribution in [0.2, 0.25) is 0 Å². The monoisotopic (exact) mass is 342 g/mol. The van der Waals surface area contributed by atoms with Gasteiger partial charge in [0.25, 0.3) is 0 Å². The molecular weight excluding hydrogens is 316 g/mol. The molecule has 2 amide bonds. The summed E-state index contributed by atoms with van der Waals surface area (Å²) in [4.78, 5) is 26.0. The lowest BCUT2D eigenvalue weighted by molar-refractivity contribution is -0.135. The van der Waals surface area contributed by atoms with Crippen LogP contribution < -0.4 is 5.32 Å². The third-order valence-corrected chi connectivity index (χ3v) is 7.57. The van der Waals surface area contributed by atoms with Crippen LogP contribution in [0.15, 0.2) is 0 Å². The zero-order valence-electron chi connectivity index (χ0n) is 13.7. The number of carbonyl (C=O) groups excluding carboxylic acids is 2. The van der Waals surface area contributed by atoms with E-state index in [1.54, 1.807) is 4.90 Å². The predicted molar refractivity (Wildman–Crippen MR) is 86.4 cm³/mol. The second kappa shape index (κ2) is 6.42. The average Bonchev–Trinajstić information content (AvgIpc) is 3.08. The molecule has 0 aromatic carbocycles. The fourth-order valence-corrected chi connectivity index (χ4v) is 6.19. The molecule has 4 unspecified atom stereocenters. The Balaban J connectivity index is 1.65. The number of hydrogen-bond acceptors (Lipinski definition) is 4. The van der Waals surface area contributed by atoms with Gasteiger partial charge >= 0.3 is 0 Å². The van der Waals surface area contributed by atoms with E-state index < -0.39 is 15.9 Å². The number of fused-ring (bicyclic) bond motifs is 2. The van der Waals surface area contributed by atoms with Crippen LogP contribution in [0.4, 0.5) is 0 Å². The van der Waals surface area contributed by atoms with E-state index in [0.717, 1.165) is 12.3 Å². The Hall–Kier alpha value is -1.11. The van der Waals surface area contributed by atoms with E-state index in [1.165, 1.54) is 26.3 Å². The topological polar surface area (TPSA) is 83.6 Å². The van der Waals surface area contributed by atoms with Crippen molar-refractivity contribution in [1.82, 2.24) is 10.2 Å². The average molecular weight is 342 g/mol. The number of hydrogen-bond donors (Lipinski definition) is 1. The van der Waals surface area contributed by atoms with Crippen LogP contribution in [0.1, 0.15) is 38.5 Å². The summed E-state index contributed by atoms with van der Waals surface area (Å²) in [6, 6.07) is -0.514. The molecule has 7 heteroatoms. The number of sulfone groups is 1. The second-order valence-corrected chi connectivity index (χ2v) is 9.60. The molecule has 1 aliphatic heterocycles. The summed E-state index contributed by atoms with van der Waals surface area (Å²) in [5.74, 6) is 1.66. The number of carbonyl (C=O) groups is 2. The number of nitrogens with one attached hydrogen (secondary N) is 1. The van der Waals surface area contributed by atoms with Crippen molar-refractivity contribution in [3.63, 3.8) is 0 Å². The Morgan fingerprint density at radius 1 is 1.17 bits per heavy atom. The first-order valence-electron chi connectivity index (χ1n) is 8.58. The van der Waals surface area contributed by atoms with E-state index in [9.17, 15) is 18.0 Å². The zero-order chi connectivity index (χ0) is 16.6. The minimum atomic E-state index is -3.16. The van der Waals surface area contributed by atoms with E-state index in [4.69, 9.17) is 0 Å². The molecule has 3 fully saturated rings. The van der Waals surface area contributed by atoms with E-state index >= 15 is 0 Å². The van der Waals surface area contributed by atoms with Crippen LogP contribution in [0, 0.1) is 17.8 Å². The van der Waals surface area contributed by atoms with Crippen molar-refractivity contribution in [2.75, 3.05) is 25.1 Å². The normalized spacial score (nSPS) is 35.3. The van der Waals surface area contributed by atoms with Gasteiger partial charge in [-0.3, -0.25) is 9.59 Å². The number of rotatable bonds is 4. The first kappa shape index (κ1) is 16.7. The summed E-state index contributed by atoms with van der Waals surface area (Å²) in [5, 5.41) is 2.52. The highest BCUT2D eigenvalue weighted by Crippen LogP contribution is 2.49. The van der Waals surface area contributed by atoms with Crippen molar-refractivity contribution in [2.45, 2.75) is 44.6 Å². The Bertz CT molecular complexity index is 589. The highest BCUT2D eigenvalue weighted by Gasteiger charge is 2.42. The highest BCUT2D eigenvalue weighted by molar-refractivity contribution is 7.91. The van der Waals surface area contributed by atoms with Crippen LogP contribution in [0.3, 0.4) is 0 Å². The van der Waals surface area contributed by atoms with E-state index in [0.29, 0.717) is 18.3 Å². The second-order valence-electron chi connectivity index (χ2n) is 7.37. The van der Waals surface area contributed by atoms with Crippen LogP contribution in [0.25, 0.3) is 0 Å². The SMILES string of the molecule is CNC(=O)CC1CS(=O)(=O)CCN1C(=O)CC1CC2CCC1C2. The Kier molecular flexibility index (Phi) is 4.67. The van der Waals surface area contributed by atoms with Crippen molar-refractivity contribution in [3.05, 3.63) is 0 Å². The molecule has 3 rings (SSSR count). The third kappa shape index (κ3) is 3.70. The molecule has 2 bridgehead atoms. The summed E-state index contributed by atoms with van der Waals surface area (Å²) in [5.41, 5.74) is 0. The van der Waals surface area contributed by atoms with Crippen molar-refractivity contribution in [2.24, 2.45) is 17.8 Å². The predicted octanol–water partition coefficient (Wildman–Crippen LogP) is 0.574. The van der Waals surface area contributed by atoms with Gasteiger partial charge in [-0.05, 0) is 37.0 Å². The molecule has 130 valence electrons. The lowest BCUT2D eigenvalue weighted by atomic mass is 9.86. The largest absolute Gasteiger partial charge is 0.359 e. The molecule has 6 nitrogen and oxygen atoms in total. The lowest BCUT2D eigenvalue weighted by Gasteiger charge is -2.36. The lowest BCUT2D eigenvalue weighted by Crippen LogP contribution is -2.53. The standard InChI is InChI=1S/C16H26N2O4S/c1-17-15(19)9-14-10-23(21,22)5-4-18(14)16(20)8-13-7-11-2-3-12(13)6-11/h11-14H,2-10H2,1H3,(H,17,19). The van der Waals surface area contributed by atoms with Gasteiger partial charge in [-0.25, -0.2) is 8.42 Å². The summed E-state index contributed by atoms with van der Waals surface area (Å²) < 4.78 is 23.8. The Morgan fingerprint density at radius 2 is 1.96 bits per heavy atom. The van der Waals surface area contributed by atoms with Crippen LogP contribution in [0.5, 0.6) is 0 Å². The van der Waals surface area contributed by atoms with Crippen LogP contribution in [-0.2, 0) is 19.4 Å². The third-order valence-electron chi connectivity index (χ3n) is 5.87. The molecule has 0 spiro atoms.